The van der Waals surface area contributed by atoms with Crippen molar-refractivity contribution in [2.24, 2.45) is 5.41 Å². The van der Waals surface area contributed by atoms with Gasteiger partial charge < -0.3 is 14.7 Å². The zero-order valence-corrected chi connectivity index (χ0v) is 12.3. The summed E-state index contributed by atoms with van der Waals surface area (Å²) in [5.74, 6) is 0.200. The summed E-state index contributed by atoms with van der Waals surface area (Å²) in [6.45, 7) is 1.38. The van der Waals surface area contributed by atoms with Crippen LogP contribution in [-0.4, -0.2) is 36.7 Å². The second-order valence-corrected chi connectivity index (χ2v) is 5.81. The van der Waals surface area contributed by atoms with E-state index >= 15 is 0 Å². The normalized spacial score (nSPS) is 17.4. The molecule has 4 nitrogen and oxygen atoms in total. The van der Waals surface area contributed by atoms with Crippen molar-refractivity contribution >= 4 is 5.97 Å². The van der Waals surface area contributed by atoms with Crippen molar-refractivity contribution in [3.8, 4) is 5.75 Å². The summed E-state index contributed by atoms with van der Waals surface area (Å²) in [4.78, 5) is 13.7. The molecule has 1 saturated carbocycles. The van der Waals surface area contributed by atoms with Crippen molar-refractivity contribution in [1.82, 2.24) is 4.90 Å². The topological polar surface area (TPSA) is 49.8 Å². The SMILES string of the molecule is COc1ccc(CN(C)CC2(C(=O)O)CCCC2)cc1. The second kappa shape index (κ2) is 6.27. The molecule has 20 heavy (non-hydrogen) atoms. The maximum absolute atomic E-state index is 11.6. The van der Waals surface area contributed by atoms with Crippen molar-refractivity contribution in [1.29, 1.82) is 0 Å². The molecule has 0 heterocycles. The minimum atomic E-state index is -0.642. The number of ether oxygens (including phenoxy) is 1. The molecule has 1 N–H and O–H groups in total. The fraction of sp³-hybridized carbons (Fsp3) is 0.562. The van der Waals surface area contributed by atoms with Gasteiger partial charge >= 0.3 is 5.97 Å². The van der Waals surface area contributed by atoms with E-state index in [9.17, 15) is 9.90 Å². The zero-order chi connectivity index (χ0) is 14.6. The van der Waals surface area contributed by atoms with Crippen molar-refractivity contribution in [2.75, 3.05) is 20.7 Å². The van der Waals surface area contributed by atoms with E-state index in [1.54, 1.807) is 7.11 Å². The van der Waals surface area contributed by atoms with Gasteiger partial charge in [0.2, 0.25) is 0 Å². The molecule has 1 aliphatic rings. The number of hydrogen-bond donors (Lipinski definition) is 1. The van der Waals surface area contributed by atoms with E-state index < -0.39 is 11.4 Å². The molecule has 2 rings (SSSR count). The summed E-state index contributed by atoms with van der Waals surface area (Å²) >= 11 is 0. The van der Waals surface area contributed by atoms with Crippen LogP contribution in [0.1, 0.15) is 31.2 Å². The molecule has 0 spiro atoms. The lowest BCUT2D eigenvalue weighted by molar-refractivity contribution is -0.149. The fourth-order valence-electron chi connectivity index (χ4n) is 3.11. The Hall–Kier alpha value is -1.55. The van der Waals surface area contributed by atoms with E-state index in [1.807, 2.05) is 31.3 Å². The predicted octanol–water partition coefficient (Wildman–Crippen LogP) is 2.77. The van der Waals surface area contributed by atoms with Crippen molar-refractivity contribution in [2.45, 2.75) is 32.2 Å². The summed E-state index contributed by atoms with van der Waals surface area (Å²) in [6, 6.07) is 7.92. The molecule has 0 radical (unpaired) electrons. The van der Waals surface area contributed by atoms with E-state index in [2.05, 4.69) is 4.90 Å². The zero-order valence-electron chi connectivity index (χ0n) is 12.3. The molecule has 0 unspecified atom stereocenters. The lowest BCUT2D eigenvalue weighted by atomic mass is 9.85. The Labute approximate surface area is 120 Å². The molecule has 1 aliphatic carbocycles. The Morgan fingerprint density at radius 1 is 1.30 bits per heavy atom. The summed E-state index contributed by atoms with van der Waals surface area (Å²) < 4.78 is 5.14. The highest BCUT2D eigenvalue weighted by molar-refractivity contribution is 5.75. The van der Waals surface area contributed by atoms with Gasteiger partial charge in [-0.1, -0.05) is 25.0 Å². The van der Waals surface area contributed by atoms with Gasteiger partial charge in [-0.25, -0.2) is 0 Å². The quantitative estimate of drug-likeness (QED) is 0.868. The number of benzene rings is 1. The summed E-state index contributed by atoms with van der Waals surface area (Å²) in [5, 5.41) is 9.50. The third kappa shape index (κ3) is 3.31. The fourth-order valence-corrected chi connectivity index (χ4v) is 3.11. The van der Waals surface area contributed by atoms with E-state index in [1.165, 1.54) is 5.56 Å². The number of carboxylic acid groups (broad SMARTS) is 1. The van der Waals surface area contributed by atoms with Gasteiger partial charge in [0.25, 0.3) is 0 Å². The van der Waals surface area contributed by atoms with Crippen molar-refractivity contribution in [3.63, 3.8) is 0 Å². The molecule has 1 aromatic rings. The first kappa shape index (κ1) is 14.9. The van der Waals surface area contributed by atoms with Crippen LogP contribution in [0.15, 0.2) is 24.3 Å². The number of carboxylic acids is 1. The highest BCUT2D eigenvalue weighted by atomic mass is 16.5. The molecule has 1 fully saturated rings. The van der Waals surface area contributed by atoms with Gasteiger partial charge in [0, 0.05) is 13.1 Å². The Bertz CT molecular complexity index is 449. The monoisotopic (exact) mass is 277 g/mol. The smallest absolute Gasteiger partial charge is 0.310 e. The number of aliphatic carboxylic acids is 1. The van der Waals surface area contributed by atoms with Crippen LogP contribution in [0, 0.1) is 5.41 Å². The van der Waals surface area contributed by atoms with E-state index in [-0.39, 0.29) is 0 Å². The highest BCUT2D eigenvalue weighted by Crippen LogP contribution is 2.39. The standard InChI is InChI=1S/C16H23NO3/c1-17(11-13-5-7-14(20-2)8-6-13)12-16(15(18)19)9-3-4-10-16/h5-8H,3-4,9-12H2,1-2H3,(H,18,19). The van der Waals surface area contributed by atoms with E-state index in [4.69, 9.17) is 4.74 Å². The molecule has 0 aromatic heterocycles. The van der Waals surface area contributed by atoms with Crippen LogP contribution in [-0.2, 0) is 11.3 Å². The lowest BCUT2D eigenvalue weighted by Gasteiger charge is -2.29. The highest BCUT2D eigenvalue weighted by Gasteiger charge is 2.41. The van der Waals surface area contributed by atoms with Gasteiger partial charge in [-0.15, -0.1) is 0 Å². The summed E-state index contributed by atoms with van der Waals surface area (Å²) in [6.07, 6.45) is 3.66. The molecule has 0 atom stereocenters. The average molecular weight is 277 g/mol. The van der Waals surface area contributed by atoms with E-state index in [0.717, 1.165) is 38.0 Å². The molecule has 110 valence electrons. The van der Waals surface area contributed by atoms with Crippen LogP contribution in [0.4, 0.5) is 0 Å². The average Bonchev–Trinajstić information content (AvgIpc) is 2.89. The second-order valence-electron chi connectivity index (χ2n) is 5.81. The molecule has 0 amide bonds. The molecule has 0 aliphatic heterocycles. The molecule has 1 aromatic carbocycles. The van der Waals surface area contributed by atoms with Crippen LogP contribution >= 0.6 is 0 Å². The molecule has 0 saturated heterocycles. The Kier molecular flexibility index (Phi) is 4.65. The van der Waals surface area contributed by atoms with Gasteiger partial charge in [0.1, 0.15) is 5.75 Å². The Balaban J connectivity index is 1.97. The molecule has 0 bridgehead atoms. The largest absolute Gasteiger partial charge is 0.497 e. The first-order valence-corrected chi connectivity index (χ1v) is 7.11. The molecular weight excluding hydrogens is 254 g/mol. The third-order valence-corrected chi connectivity index (χ3v) is 4.20. The number of hydrogen-bond acceptors (Lipinski definition) is 3. The minimum absolute atomic E-state index is 0.540. The maximum atomic E-state index is 11.6. The number of rotatable bonds is 6. The Morgan fingerprint density at radius 2 is 1.90 bits per heavy atom. The van der Waals surface area contributed by atoms with Gasteiger partial charge in [-0.2, -0.15) is 0 Å². The van der Waals surface area contributed by atoms with Crippen molar-refractivity contribution < 1.29 is 14.6 Å². The number of methoxy groups -OCH3 is 1. The van der Waals surface area contributed by atoms with Crippen LogP contribution in [0.3, 0.4) is 0 Å². The van der Waals surface area contributed by atoms with Gasteiger partial charge in [-0.05, 0) is 37.6 Å². The predicted molar refractivity (Wildman–Crippen MR) is 77.9 cm³/mol. The third-order valence-electron chi connectivity index (χ3n) is 4.20. The van der Waals surface area contributed by atoms with Gasteiger partial charge in [-0.3, -0.25) is 4.79 Å². The maximum Gasteiger partial charge on any atom is 0.310 e. The number of nitrogens with zero attached hydrogens (tertiary/aromatic N) is 1. The lowest BCUT2D eigenvalue weighted by Crippen LogP contribution is -2.39. The van der Waals surface area contributed by atoms with Crippen molar-refractivity contribution in [3.05, 3.63) is 29.8 Å². The van der Waals surface area contributed by atoms with Crippen LogP contribution in [0.25, 0.3) is 0 Å². The Morgan fingerprint density at radius 3 is 2.40 bits per heavy atom. The van der Waals surface area contributed by atoms with Crippen LogP contribution in [0.5, 0.6) is 5.75 Å². The van der Waals surface area contributed by atoms with Crippen LogP contribution < -0.4 is 4.74 Å². The first-order chi connectivity index (χ1) is 9.55. The molecular formula is C16H23NO3. The van der Waals surface area contributed by atoms with E-state index in [0.29, 0.717) is 6.54 Å². The van der Waals surface area contributed by atoms with Crippen LogP contribution in [0.2, 0.25) is 0 Å². The summed E-state index contributed by atoms with van der Waals surface area (Å²) in [7, 11) is 3.64. The number of carbonyl (C=O) groups is 1. The molecule has 4 heteroatoms. The minimum Gasteiger partial charge on any atom is -0.497 e. The first-order valence-electron chi connectivity index (χ1n) is 7.11. The van der Waals surface area contributed by atoms with Gasteiger partial charge in [0.15, 0.2) is 0 Å². The summed E-state index contributed by atoms with van der Waals surface area (Å²) in [5.41, 5.74) is 0.633. The van der Waals surface area contributed by atoms with Gasteiger partial charge in [0.05, 0.1) is 12.5 Å².